The third kappa shape index (κ3) is 3.26. The standard InChI is InChI=1S/C12H19NO5S/c1-19(17,18)5-4-9(14)13-11-8-3-2-7(6-8)10(11)12(15)16/h7-8,10-11H,2-6H2,1H3,(H,13,14)(H,15,16). The summed E-state index contributed by atoms with van der Waals surface area (Å²) >= 11 is 0. The first-order chi connectivity index (χ1) is 8.78. The Bertz CT molecular complexity index is 486. The van der Waals surface area contributed by atoms with Gasteiger partial charge in [-0.1, -0.05) is 0 Å². The SMILES string of the molecule is CS(=O)(=O)CCC(=O)NC1C2CCC(C2)C1C(=O)O. The van der Waals surface area contributed by atoms with E-state index in [1.54, 1.807) is 0 Å². The highest BCUT2D eigenvalue weighted by molar-refractivity contribution is 7.90. The summed E-state index contributed by atoms with van der Waals surface area (Å²) in [6, 6.07) is -0.330. The van der Waals surface area contributed by atoms with Gasteiger partial charge in [-0.3, -0.25) is 9.59 Å². The Morgan fingerprint density at radius 3 is 2.47 bits per heavy atom. The monoisotopic (exact) mass is 289 g/mol. The minimum absolute atomic E-state index is 0.0982. The maximum Gasteiger partial charge on any atom is 0.308 e. The molecule has 0 spiro atoms. The summed E-state index contributed by atoms with van der Waals surface area (Å²) in [5.41, 5.74) is 0. The number of fused-ring (bicyclic) bond motifs is 2. The number of hydrogen-bond acceptors (Lipinski definition) is 4. The van der Waals surface area contributed by atoms with Crippen molar-refractivity contribution in [2.24, 2.45) is 17.8 Å². The molecule has 108 valence electrons. The lowest BCUT2D eigenvalue weighted by molar-refractivity contribution is -0.144. The lowest BCUT2D eigenvalue weighted by Crippen LogP contribution is -2.47. The lowest BCUT2D eigenvalue weighted by atomic mass is 9.84. The molecule has 19 heavy (non-hydrogen) atoms. The van der Waals surface area contributed by atoms with Gasteiger partial charge in [0, 0.05) is 18.7 Å². The minimum Gasteiger partial charge on any atom is -0.481 e. The quantitative estimate of drug-likeness (QED) is 0.744. The highest BCUT2D eigenvalue weighted by Crippen LogP contribution is 2.48. The maximum atomic E-state index is 11.7. The molecule has 2 aliphatic carbocycles. The average molecular weight is 289 g/mol. The van der Waals surface area contributed by atoms with E-state index >= 15 is 0 Å². The van der Waals surface area contributed by atoms with Crippen molar-refractivity contribution in [1.82, 2.24) is 5.32 Å². The van der Waals surface area contributed by atoms with E-state index in [2.05, 4.69) is 5.32 Å². The second-order valence-electron chi connectivity index (χ2n) is 5.67. The van der Waals surface area contributed by atoms with Crippen molar-refractivity contribution in [3.05, 3.63) is 0 Å². The van der Waals surface area contributed by atoms with Crippen molar-refractivity contribution in [3.63, 3.8) is 0 Å². The molecule has 0 heterocycles. The van der Waals surface area contributed by atoms with Crippen LogP contribution in [0.1, 0.15) is 25.7 Å². The fourth-order valence-electron chi connectivity index (χ4n) is 3.39. The van der Waals surface area contributed by atoms with Gasteiger partial charge in [-0.2, -0.15) is 0 Å². The number of hydrogen-bond donors (Lipinski definition) is 2. The van der Waals surface area contributed by atoms with Crippen LogP contribution in [0.3, 0.4) is 0 Å². The first-order valence-electron chi connectivity index (χ1n) is 6.48. The number of aliphatic carboxylic acids is 1. The zero-order chi connectivity index (χ0) is 14.2. The van der Waals surface area contributed by atoms with Gasteiger partial charge in [0.15, 0.2) is 0 Å². The zero-order valence-electron chi connectivity index (χ0n) is 10.8. The normalized spacial score (nSPS) is 33.3. The number of carbonyl (C=O) groups is 2. The van der Waals surface area contributed by atoms with Crippen LogP contribution < -0.4 is 5.32 Å². The van der Waals surface area contributed by atoms with E-state index in [-0.39, 0.29) is 36.0 Å². The van der Waals surface area contributed by atoms with E-state index in [0.717, 1.165) is 25.5 Å². The number of amides is 1. The van der Waals surface area contributed by atoms with E-state index in [0.29, 0.717) is 0 Å². The number of sulfone groups is 1. The van der Waals surface area contributed by atoms with Crippen LogP contribution >= 0.6 is 0 Å². The van der Waals surface area contributed by atoms with E-state index < -0.39 is 21.7 Å². The molecule has 2 saturated carbocycles. The molecule has 7 heteroatoms. The molecular formula is C12H19NO5S. The van der Waals surface area contributed by atoms with Crippen LogP contribution in [-0.4, -0.2) is 43.5 Å². The molecule has 2 N–H and O–H groups in total. The van der Waals surface area contributed by atoms with E-state index in [9.17, 15) is 23.1 Å². The number of carbonyl (C=O) groups excluding carboxylic acids is 1. The number of carboxylic acid groups (broad SMARTS) is 1. The molecule has 4 atom stereocenters. The predicted molar refractivity (Wildman–Crippen MR) is 68.2 cm³/mol. The smallest absolute Gasteiger partial charge is 0.308 e. The summed E-state index contributed by atoms with van der Waals surface area (Å²) < 4.78 is 22.0. The molecule has 4 unspecified atom stereocenters. The van der Waals surface area contributed by atoms with Crippen molar-refractivity contribution in [2.45, 2.75) is 31.7 Å². The Labute approximate surface area is 112 Å². The summed E-state index contributed by atoms with van der Waals surface area (Å²) in [5, 5.41) is 12.0. The largest absolute Gasteiger partial charge is 0.481 e. The van der Waals surface area contributed by atoms with Crippen LogP contribution in [0.15, 0.2) is 0 Å². The molecule has 2 bridgehead atoms. The fourth-order valence-corrected chi connectivity index (χ4v) is 3.95. The second kappa shape index (κ2) is 5.11. The van der Waals surface area contributed by atoms with Crippen molar-refractivity contribution >= 4 is 21.7 Å². The third-order valence-corrected chi connectivity index (χ3v) is 5.17. The molecule has 2 rings (SSSR count). The van der Waals surface area contributed by atoms with Gasteiger partial charge in [0.05, 0.1) is 11.7 Å². The summed E-state index contributed by atoms with van der Waals surface area (Å²) in [7, 11) is -3.17. The van der Waals surface area contributed by atoms with Crippen LogP contribution in [0.4, 0.5) is 0 Å². The van der Waals surface area contributed by atoms with Crippen LogP contribution in [0.5, 0.6) is 0 Å². The van der Waals surface area contributed by atoms with Crippen LogP contribution in [0.25, 0.3) is 0 Å². The topological polar surface area (TPSA) is 101 Å². The summed E-state index contributed by atoms with van der Waals surface area (Å²) in [4.78, 5) is 23.0. The molecule has 0 aromatic carbocycles. The molecular weight excluding hydrogens is 270 g/mol. The highest BCUT2D eigenvalue weighted by atomic mass is 32.2. The predicted octanol–water partition coefficient (Wildman–Crippen LogP) is 0.0366. The van der Waals surface area contributed by atoms with Gasteiger partial charge in [-0.15, -0.1) is 0 Å². The van der Waals surface area contributed by atoms with E-state index in [1.807, 2.05) is 0 Å². The van der Waals surface area contributed by atoms with Gasteiger partial charge in [0.25, 0.3) is 0 Å². The van der Waals surface area contributed by atoms with E-state index in [1.165, 1.54) is 0 Å². The van der Waals surface area contributed by atoms with Crippen LogP contribution in [-0.2, 0) is 19.4 Å². The van der Waals surface area contributed by atoms with Gasteiger partial charge < -0.3 is 10.4 Å². The first kappa shape index (κ1) is 14.3. The first-order valence-corrected chi connectivity index (χ1v) is 8.54. The van der Waals surface area contributed by atoms with Crippen LogP contribution in [0.2, 0.25) is 0 Å². The highest BCUT2D eigenvalue weighted by Gasteiger charge is 2.51. The van der Waals surface area contributed by atoms with Crippen molar-refractivity contribution in [2.75, 3.05) is 12.0 Å². The fraction of sp³-hybridized carbons (Fsp3) is 0.833. The second-order valence-corrected chi connectivity index (χ2v) is 7.93. The molecule has 0 aromatic rings. The Kier molecular flexibility index (Phi) is 3.85. The molecule has 6 nitrogen and oxygen atoms in total. The van der Waals surface area contributed by atoms with Gasteiger partial charge in [0.1, 0.15) is 9.84 Å². The lowest BCUT2D eigenvalue weighted by Gasteiger charge is -2.28. The van der Waals surface area contributed by atoms with Crippen molar-refractivity contribution in [1.29, 1.82) is 0 Å². The van der Waals surface area contributed by atoms with Crippen molar-refractivity contribution < 1.29 is 23.1 Å². The molecule has 0 aromatic heterocycles. The molecule has 0 saturated heterocycles. The molecule has 0 radical (unpaired) electrons. The maximum absolute atomic E-state index is 11.7. The summed E-state index contributed by atoms with van der Waals surface area (Å²) in [6.45, 7) is 0. The Hall–Kier alpha value is -1.11. The summed E-state index contributed by atoms with van der Waals surface area (Å²) in [5.74, 6) is -1.55. The third-order valence-electron chi connectivity index (χ3n) is 4.23. The van der Waals surface area contributed by atoms with Crippen LogP contribution in [0, 0.1) is 17.8 Å². The Morgan fingerprint density at radius 2 is 1.89 bits per heavy atom. The van der Waals surface area contributed by atoms with Crippen molar-refractivity contribution in [3.8, 4) is 0 Å². The van der Waals surface area contributed by atoms with Gasteiger partial charge in [-0.05, 0) is 31.1 Å². The number of nitrogens with one attached hydrogen (secondary N) is 1. The van der Waals surface area contributed by atoms with Gasteiger partial charge in [0.2, 0.25) is 5.91 Å². The molecule has 1 amide bonds. The zero-order valence-corrected chi connectivity index (χ0v) is 11.6. The minimum atomic E-state index is -3.17. The Balaban J connectivity index is 1.94. The van der Waals surface area contributed by atoms with Gasteiger partial charge >= 0.3 is 5.97 Å². The average Bonchev–Trinajstić information content (AvgIpc) is 2.85. The molecule has 2 aliphatic rings. The molecule has 2 fully saturated rings. The number of rotatable bonds is 5. The summed E-state index contributed by atoms with van der Waals surface area (Å²) in [6.07, 6.45) is 3.70. The van der Waals surface area contributed by atoms with E-state index in [4.69, 9.17) is 0 Å². The Morgan fingerprint density at radius 1 is 1.26 bits per heavy atom. The van der Waals surface area contributed by atoms with Gasteiger partial charge in [-0.25, -0.2) is 8.42 Å². The number of carboxylic acids is 1. The molecule has 0 aliphatic heterocycles.